The molecule has 0 N–H and O–H groups in total. The van der Waals surface area contributed by atoms with Gasteiger partial charge in [-0.1, -0.05) is 28.9 Å². The van der Waals surface area contributed by atoms with Gasteiger partial charge in [-0.2, -0.15) is 0 Å². The van der Waals surface area contributed by atoms with Gasteiger partial charge in [0.05, 0.1) is 18.0 Å². The maximum atomic E-state index is 11.1. The molecule has 0 saturated heterocycles. The second kappa shape index (κ2) is 5.07. The highest BCUT2D eigenvalue weighted by molar-refractivity contribution is 7.89. The first kappa shape index (κ1) is 13.0. The van der Waals surface area contributed by atoms with E-state index in [1.807, 2.05) is 18.2 Å². The second-order valence-electron chi connectivity index (χ2n) is 4.11. The van der Waals surface area contributed by atoms with Gasteiger partial charge in [-0.05, 0) is 17.7 Å². The largest absolute Gasteiger partial charge is 0.248 e. The van der Waals surface area contributed by atoms with Gasteiger partial charge in [0.15, 0.2) is 9.84 Å². The molecule has 0 amide bonds. The second-order valence-corrected chi connectivity index (χ2v) is 6.68. The number of nitrogens with zero attached hydrogens (tertiary/aromatic N) is 3. The summed E-state index contributed by atoms with van der Waals surface area (Å²) in [7, 11) is -3.08. The normalized spacial score (nSPS) is 11.7. The van der Waals surface area contributed by atoms with Crippen molar-refractivity contribution >= 4 is 21.4 Å². The molecule has 0 radical (unpaired) electrons. The zero-order chi connectivity index (χ0) is 13.2. The lowest BCUT2D eigenvalue weighted by Crippen LogP contribution is -2.01. The van der Waals surface area contributed by atoms with Crippen molar-refractivity contribution in [3.05, 3.63) is 46.7 Å². The molecule has 0 bridgehead atoms. The molecule has 0 aliphatic heterocycles. The van der Waals surface area contributed by atoms with Crippen LogP contribution in [0.3, 0.4) is 0 Å². The van der Waals surface area contributed by atoms with Crippen molar-refractivity contribution in [3.63, 3.8) is 0 Å². The van der Waals surface area contributed by atoms with Gasteiger partial charge in [0.25, 0.3) is 0 Å². The zero-order valence-electron chi connectivity index (χ0n) is 9.75. The van der Waals surface area contributed by atoms with E-state index < -0.39 is 9.84 Å². The maximum Gasteiger partial charge on any atom is 0.153 e. The minimum atomic E-state index is -3.08. The molecule has 0 aliphatic carbocycles. The molecule has 0 spiro atoms. The van der Waals surface area contributed by atoms with E-state index in [1.165, 1.54) is 6.26 Å². The van der Waals surface area contributed by atoms with Crippen molar-refractivity contribution < 1.29 is 8.42 Å². The summed E-state index contributed by atoms with van der Waals surface area (Å²) in [5.74, 6) is -0.0947. The Bertz CT molecular complexity index is 652. The molecule has 0 unspecified atom stereocenters. The highest BCUT2D eigenvalue weighted by Gasteiger charge is 2.08. The monoisotopic (exact) mass is 285 g/mol. The smallest absolute Gasteiger partial charge is 0.153 e. The maximum absolute atomic E-state index is 11.1. The van der Waals surface area contributed by atoms with Crippen LogP contribution in [0.1, 0.15) is 11.3 Å². The van der Waals surface area contributed by atoms with Crippen LogP contribution < -0.4 is 0 Å². The predicted octanol–water partition coefficient (Wildman–Crippen LogP) is 1.52. The highest BCUT2D eigenvalue weighted by Crippen LogP contribution is 2.11. The van der Waals surface area contributed by atoms with Crippen molar-refractivity contribution in [1.82, 2.24) is 15.0 Å². The summed E-state index contributed by atoms with van der Waals surface area (Å²) in [4.78, 5) is 0. The number of rotatable bonds is 4. The van der Waals surface area contributed by atoms with E-state index >= 15 is 0 Å². The number of halogens is 1. The minimum Gasteiger partial charge on any atom is -0.248 e. The van der Waals surface area contributed by atoms with Gasteiger partial charge in [0, 0.05) is 17.5 Å². The lowest BCUT2D eigenvalue weighted by atomic mass is 10.2. The van der Waals surface area contributed by atoms with E-state index in [2.05, 4.69) is 10.3 Å². The van der Waals surface area contributed by atoms with Crippen molar-refractivity contribution in [3.8, 4) is 0 Å². The van der Waals surface area contributed by atoms with Gasteiger partial charge < -0.3 is 0 Å². The quantitative estimate of drug-likeness (QED) is 0.854. The van der Waals surface area contributed by atoms with Gasteiger partial charge in [-0.25, -0.2) is 13.1 Å². The van der Waals surface area contributed by atoms with Crippen LogP contribution in [0.25, 0.3) is 0 Å². The molecule has 1 heterocycles. The van der Waals surface area contributed by atoms with Crippen LogP contribution in [-0.4, -0.2) is 29.7 Å². The molecule has 0 fully saturated rings. The fourth-order valence-corrected chi connectivity index (χ4v) is 2.46. The van der Waals surface area contributed by atoms with Crippen LogP contribution >= 0.6 is 11.6 Å². The Balaban J connectivity index is 2.12. The Morgan fingerprint density at radius 3 is 2.83 bits per heavy atom. The van der Waals surface area contributed by atoms with Gasteiger partial charge in [-0.3, -0.25) is 0 Å². The van der Waals surface area contributed by atoms with E-state index in [9.17, 15) is 8.42 Å². The molecular weight excluding hydrogens is 274 g/mol. The Labute approximate surface area is 110 Å². The SMILES string of the molecule is CS(=O)(=O)Cc1cn(Cc2cccc(Cl)c2)nn1. The van der Waals surface area contributed by atoms with Crippen LogP contribution in [0.15, 0.2) is 30.5 Å². The van der Waals surface area contributed by atoms with Gasteiger partial charge in [0.1, 0.15) is 0 Å². The van der Waals surface area contributed by atoms with Gasteiger partial charge in [-0.15, -0.1) is 5.10 Å². The Hall–Kier alpha value is -1.40. The van der Waals surface area contributed by atoms with E-state index in [4.69, 9.17) is 11.6 Å². The lowest BCUT2D eigenvalue weighted by molar-refractivity contribution is 0.600. The number of aromatic nitrogens is 3. The summed E-state index contributed by atoms with van der Waals surface area (Å²) < 4.78 is 23.8. The first-order valence-corrected chi connectivity index (χ1v) is 7.67. The Morgan fingerprint density at radius 1 is 1.39 bits per heavy atom. The molecule has 0 atom stereocenters. The number of benzene rings is 1. The molecule has 2 rings (SSSR count). The van der Waals surface area contributed by atoms with E-state index in [0.717, 1.165) is 5.56 Å². The first-order valence-electron chi connectivity index (χ1n) is 5.23. The third-order valence-electron chi connectivity index (χ3n) is 2.23. The first-order chi connectivity index (χ1) is 8.42. The van der Waals surface area contributed by atoms with E-state index in [0.29, 0.717) is 17.3 Å². The molecular formula is C11H12ClN3O2S. The summed E-state index contributed by atoms with van der Waals surface area (Å²) in [5.41, 5.74) is 1.43. The molecule has 0 saturated carbocycles. The molecule has 1 aromatic carbocycles. The van der Waals surface area contributed by atoms with Crippen LogP contribution in [0.4, 0.5) is 0 Å². The molecule has 96 valence electrons. The standard InChI is InChI=1S/C11H12ClN3O2S/c1-18(16,17)8-11-7-15(14-13-11)6-9-3-2-4-10(12)5-9/h2-5,7H,6,8H2,1H3. The lowest BCUT2D eigenvalue weighted by Gasteiger charge is -2.00. The zero-order valence-corrected chi connectivity index (χ0v) is 11.3. The van der Waals surface area contributed by atoms with Crippen LogP contribution in [0, 0.1) is 0 Å². The molecule has 5 nitrogen and oxygen atoms in total. The van der Waals surface area contributed by atoms with Crippen LogP contribution in [0.2, 0.25) is 5.02 Å². The average molecular weight is 286 g/mol. The predicted molar refractivity (Wildman–Crippen MR) is 69.1 cm³/mol. The Kier molecular flexibility index (Phi) is 3.68. The van der Waals surface area contributed by atoms with Crippen LogP contribution in [0.5, 0.6) is 0 Å². The fourth-order valence-electron chi connectivity index (χ4n) is 1.57. The minimum absolute atomic E-state index is 0.0947. The molecule has 7 heteroatoms. The molecule has 2 aromatic rings. The molecule has 18 heavy (non-hydrogen) atoms. The van der Waals surface area contributed by atoms with E-state index in [-0.39, 0.29) is 5.75 Å². The topological polar surface area (TPSA) is 64.8 Å². The fraction of sp³-hybridized carbons (Fsp3) is 0.273. The molecule has 0 aliphatic rings. The van der Waals surface area contributed by atoms with Gasteiger partial charge in [0.2, 0.25) is 0 Å². The van der Waals surface area contributed by atoms with Crippen molar-refractivity contribution in [2.75, 3.05) is 6.26 Å². The van der Waals surface area contributed by atoms with Crippen LogP contribution in [-0.2, 0) is 22.1 Å². The summed E-state index contributed by atoms with van der Waals surface area (Å²) in [6, 6.07) is 7.40. The van der Waals surface area contributed by atoms with Crippen molar-refractivity contribution in [1.29, 1.82) is 0 Å². The molecule has 1 aromatic heterocycles. The summed E-state index contributed by atoms with van der Waals surface area (Å²) in [5, 5.41) is 8.36. The number of sulfone groups is 1. The summed E-state index contributed by atoms with van der Waals surface area (Å²) >= 11 is 5.88. The van der Waals surface area contributed by atoms with Crippen molar-refractivity contribution in [2.45, 2.75) is 12.3 Å². The van der Waals surface area contributed by atoms with Crippen molar-refractivity contribution in [2.24, 2.45) is 0 Å². The third kappa shape index (κ3) is 3.82. The van der Waals surface area contributed by atoms with Gasteiger partial charge >= 0.3 is 0 Å². The number of hydrogen-bond donors (Lipinski definition) is 0. The Morgan fingerprint density at radius 2 is 2.17 bits per heavy atom. The summed E-state index contributed by atoms with van der Waals surface area (Å²) in [6.07, 6.45) is 2.80. The van der Waals surface area contributed by atoms with E-state index in [1.54, 1.807) is 16.9 Å². The summed E-state index contributed by atoms with van der Waals surface area (Å²) in [6.45, 7) is 0.511. The number of hydrogen-bond acceptors (Lipinski definition) is 4. The average Bonchev–Trinajstić information content (AvgIpc) is 2.62. The third-order valence-corrected chi connectivity index (χ3v) is 3.29. The highest BCUT2D eigenvalue weighted by atomic mass is 35.5.